The summed E-state index contributed by atoms with van der Waals surface area (Å²) in [6.45, 7) is 4.42. The molecular weight excluding hydrogens is 344 g/mol. The summed E-state index contributed by atoms with van der Waals surface area (Å²) in [6.07, 6.45) is -0.0182. The molecule has 0 saturated carbocycles. The molecular formula is C21H22N2O4. The third-order valence-corrected chi connectivity index (χ3v) is 4.45. The third-order valence-electron chi connectivity index (χ3n) is 4.45. The van der Waals surface area contributed by atoms with Crippen molar-refractivity contribution in [3.05, 3.63) is 59.3 Å². The second-order valence-corrected chi connectivity index (χ2v) is 6.39. The fourth-order valence-corrected chi connectivity index (χ4v) is 3.25. The number of aromatic nitrogens is 1. The van der Waals surface area contributed by atoms with Gasteiger partial charge in [0.05, 0.1) is 13.0 Å². The molecule has 2 aromatic carbocycles. The smallest absolute Gasteiger partial charge is 0.352 e. The Bertz CT molecular complexity index is 1000. The molecule has 0 atom stereocenters. The second-order valence-electron chi connectivity index (χ2n) is 6.39. The van der Waals surface area contributed by atoms with Crippen molar-refractivity contribution in [3.8, 4) is 5.75 Å². The van der Waals surface area contributed by atoms with Crippen molar-refractivity contribution in [1.29, 1.82) is 0 Å². The van der Waals surface area contributed by atoms with E-state index in [0.29, 0.717) is 17.9 Å². The largest absolute Gasteiger partial charge is 0.494 e. The number of aryl methyl sites for hydroxylation is 2. The molecule has 0 fully saturated rings. The molecule has 3 aromatic rings. The lowest BCUT2D eigenvalue weighted by molar-refractivity contribution is -0.115. The number of hydrogen-bond acceptors (Lipinski definition) is 3. The maximum absolute atomic E-state index is 12.6. The molecule has 0 bridgehead atoms. The first-order valence-electron chi connectivity index (χ1n) is 8.74. The van der Waals surface area contributed by atoms with Crippen LogP contribution in [0.4, 0.5) is 5.69 Å². The van der Waals surface area contributed by atoms with Gasteiger partial charge in [-0.25, -0.2) is 4.79 Å². The van der Waals surface area contributed by atoms with Gasteiger partial charge in [-0.2, -0.15) is 0 Å². The predicted molar refractivity (Wildman–Crippen MR) is 105 cm³/mol. The number of anilines is 1. The third kappa shape index (κ3) is 3.79. The molecule has 0 aliphatic heterocycles. The number of carbonyl (C=O) groups excluding carboxylic acids is 1. The van der Waals surface area contributed by atoms with Gasteiger partial charge in [0.15, 0.2) is 0 Å². The van der Waals surface area contributed by atoms with Crippen LogP contribution in [0, 0.1) is 6.92 Å². The Balaban J connectivity index is 1.89. The number of rotatable bonds is 6. The quantitative estimate of drug-likeness (QED) is 0.696. The minimum atomic E-state index is -1.05. The fourth-order valence-electron chi connectivity index (χ4n) is 3.25. The van der Waals surface area contributed by atoms with Crippen molar-refractivity contribution in [3.63, 3.8) is 0 Å². The monoisotopic (exact) mass is 366 g/mol. The summed E-state index contributed by atoms with van der Waals surface area (Å²) in [5.74, 6) is -0.584. The van der Waals surface area contributed by atoms with E-state index in [2.05, 4.69) is 5.32 Å². The van der Waals surface area contributed by atoms with E-state index < -0.39 is 5.97 Å². The number of nitrogens with one attached hydrogen (secondary N) is 1. The number of carboxylic acid groups (broad SMARTS) is 1. The lowest BCUT2D eigenvalue weighted by atomic mass is 10.0. The standard InChI is InChI=1S/C21H22N2O4/c1-4-27-15-8-6-14(7-9-15)22-19(24)12-17-16-11-13(2)5-10-18(16)23(3)20(17)21(25)26/h5-11H,4,12H2,1-3H3,(H,22,24)(H,25,26). The molecule has 6 nitrogen and oxygen atoms in total. The number of nitrogens with zero attached hydrogens (tertiary/aromatic N) is 1. The Hall–Kier alpha value is -3.28. The zero-order valence-corrected chi connectivity index (χ0v) is 15.6. The molecule has 2 N–H and O–H groups in total. The number of fused-ring (bicyclic) bond motifs is 1. The fraction of sp³-hybridized carbons (Fsp3) is 0.238. The van der Waals surface area contributed by atoms with Gasteiger partial charge in [-0.05, 0) is 50.2 Å². The van der Waals surface area contributed by atoms with Gasteiger partial charge in [0.2, 0.25) is 5.91 Å². The molecule has 0 aliphatic rings. The van der Waals surface area contributed by atoms with Crippen LogP contribution in [0.5, 0.6) is 5.75 Å². The van der Waals surface area contributed by atoms with Gasteiger partial charge in [-0.1, -0.05) is 11.6 Å². The molecule has 27 heavy (non-hydrogen) atoms. The normalized spacial score (nSPS) is 10.8. The Labute approximate surface area is 157 Å². The van der Waals surface area contributed by atoms with Crippen molar-refractivity contribution in [2.45, 2.75) is 20.3 Å². The molecule has 0 aliphatic carbocycles. The average Bonchev–Trinajstić information content (AvgIpc) is 2.88. The van der Waals surface area contributed by atoms with Gasteiger partial charge >= 0.3 is 5.97 Å². The number of carboxylic acids is 1. The highest BCUT2D eigenvalue weighted by molar-refractivity contribution is 6.03. The second kappa shape index (κ2) is 7.53. The number of ether oxygens (including phenoxy) is 1. The molecule has 6 heteroatoms. The van der Waals surface area contributed by atoms with Gasteiger partial charge in [0, 0.05) is 29.2 Å². The average molecular weight is 366 g/mol. The zero-order valence-electron chi connectivity index (χ0n) is 15.6. The van der Waals surface area contributed by atoms with E-state index >= 15 is 0 Å². The van der Waals surface area contributed by atoms with Gasteiger partial charge in [0.1, 0.15) is 11.4 Å². The van der Waals surface area contributed by atoms with Crippen LogP contribution >= 0.6 is 0 Å². The summed E-state index contributed by atoms with van der Waals surface area (Å²) in [4.78, 5) is 24.3. The first-order chi connectivity index (χ1) is 12.9. The first-order valence-corrected chi connectivity index (χ1v) is 8.74. The minimum absolute atomic E-state index is 0.0182. The van der Waals surface area contributed by atoms with E-state index in [9.17, 15) is 14.7 Å². The van der Waals surface area contributed by atoms with E-state index in [0.717, 1.165) is 22.2 Å². The highest BCUT2D eigenvalue weighted by atomic mass is 16.5. The van der Waals surface area contributed by atoms with E-state index in [1.807, 2.05) is 32.0 Å². The highest BCUT2D eigenvalue weighted by Gasteiger charge is 2.22. The summed E-state index contributed by atoms with van der Waals surface area (Å²) in [5.41, 5.74) is 3.10. The van der Waals surface area contributed by atoms with Gasteiger partial charge in [-0.15, -0.1) is 0 Å². The van der Waals surface area contributed by atoms with Gasteiger partial charge in [-0.3, -0.25) is 4.79 Å². The van der Waals surface area contributed by atoms with Crippen LogP contribution in [0.3, 0.4) is 0 Å². The molecule has 0 spiro atoms. The summed E-state index contributed by atoms with van der Waals surface area (Å²) in [5, 5.41) is 13.2. The van der Waals surface area contributed by atoms with Crippen molar-refractivity contribution < 1.29 is 19.4 Å². The molecule has 1 aromatic heterocycles. The van der Waals surface area contributed by atoms with E-state index in [4.69, 9.17) is 4.74 Å². The van der Waals surface area contributed by atoms with Crippen molar-refractivity contribution >= 4 is 28.5 Å². The van der Waals surface area contributed by atoms with Crippen LogP contribution in [0.15, 0.2) is 42.5 Å². The lowest BCUT2D eigenvalue weighted by Crippen LogP contribution is -2.17. The van der Waals surface area contributed by atoms with E-state index in [1.165, 1.54) is 0 Å². The summed E-state index contributed by atoms with van der Waals surface area (Å²) in [7, 11) is 1.70. The molecule has 140 valence electrons. The van der Waals surface area contributed by atoms with Crippen molar-refractivity contribution in [2.75, 3.05) is 11.9 Å². The highest BCUT2D eigenvalue weighted by Crippen LogP contribution is 2.27. The van der Waals surface area contributed by atoms with Crippen molar-refractivity contribution in [2.24, 2.45) is 7.05 Å². The Morgan fingerprint density at radius 2 is 1.85 bits per heavy atom. The van der Waals surface area contributed by atoms with Crippen LogP contribution in [-0.4, -0.2) is 28.2 Å². The SMILES string of the molecule is CCOc1ccc(NC(=O)Cc2c(C(=O)O)n(C)c3ccc(C)cc23)cc1. The zero-order chi connectivity index (χ0) is 19.6. The Morgan fingerprint density at radius 1 is 1.15 bits per heavy atom. The van der Waals surface area contributed by atoms with Gasteiger partial charge < -0.3 is 19.7 Å². The summed E-state index contributed by atoms with van der Waals surface area (Å²) >= 11 is 0. The van der Waals surface area contributed by atoms with E-state index in [-0.39, 0.29) is 18.0 Å². The topological polar surface area (TPSA) is 80.6 Å². The molecule has 1 amide bonds. The summed E-state index contributed by atoms with van der Waals surface area (Å²) in [6, 6.07) is 12.8. The number of amides is 1. The van der Waals surface area contributed by atoms with Crippen LogP contribution < -0.4 is 10.1 Å². The van der Waals surface area contributed by atoms with Crippen molar-refractivity contribution in [1.82, 2.24) is 4.57 Å². The Kier molecular flexibility index (Phi) is 5.16. The lowest BCUT2D eigenvalue weighted by Gasteiger charge is -2.08. The molecule has 0 radical (unpaired) electrons. The minimum Gasteiger partial charge on any atom is -0.494 e. The number of benzene rings is 2. The molecule has 1 heterocycles. The van der Waals surface area contributed by atoms with Gasteiger partial charge in [0.25, 0.3) is 0 Å². The van der Waals surface area contributed by atoms with Crippen LogP contribution in [-0.2, 0) is 18.3 Å². The Morgan fingerprint density at radius 3 is 2.48 bits per heavy atom. The van der Waals surface area contributed by atoms with E-state index in [1.54, 1.807) is 35.9 Å². The number of carbonyl (C=O) groups is 2. The molecule has 0 saturated heterocycles. The number of hydrogen-bond donors (Lipinski definition) is 2. The predicted octanol–water partition coefficient (Wildman–Crippen LogP) is 3.76. The first kappa shape index (κ1) is 18.5. The molecule has 0 unspecified atom stereocenters. The molecule has 3 rings (SSSR count). The van der Waals surface area contributed by atoms with Crippen LogP contribution in [0.2, 0.25) is 0 Å². The maximum atomic E-state index is 12.6. The number of aromatic carboxylic acids is 1. The van der Waals surface area contributed by atoms with Crippen LogP contribution in [0.25, 0.3) is 10.9 Å². The maximum Gasteiger partial charge on any atom is 0.352 e. The summed E-state index contributed by atoms with van der Waals surface area (Å²) < 4.78 is 7.01. The van der Waals surface area contributed by atoms with Crippen LogP contribution in [0.1, 0.15) is 28.5 Å².